The molecule has 96 valence electrons. The lowest BCUT2D eigenvalue weighted by Gasteiger charge is -2.29. The molecule has 2 aromatic carbocycles. The van der Waals surface area contributed by atoms with Crippen molar-refractivity contribution in [3.05, 3.63) is 59.2 Å². The number of hydrogen-bond donors (Lipinski definition) is 1. The maximum absolute atomic E-state index is 11.5. The second-order valence-electron chi connectivity index (χ2n) is 4.77. The summed E-state index contributed by atoms with van der Waals surface area (Å²) in [6, 6.07) is 13.7. The number of carbonyl (C=O) groups is 1. The van der Waals surface area contributed by atoms with Crippen LogP contribution in [0.3, 0.4) is 0 Å². The van der Waals surface area contributed by atoms with Crippen molar-refractivity contribution in [1.29, 1.82) is 0 Å². The SMILES string of the molecule is CC(=O)N[C@H]1c2ccccc2Oc2c(C)cccc21. The van der Waals surface area contributed by atoms with Gasteiger partial charge in [0.1, 0.15) is 11.5 Å². The van der Waals surface area contributed by atoms with E-state index in [9.17, 15) is 4.79 Å². The van der Waals surface area contributed by atoms with Crippen LogP contribution in [-0.4, -0.2) is 5.91 Å². The van der Waals surface area contributed by atoms with Gasteiger partial charge in [0.05, 0.1) is 6.04 Å². The van der Waals surface area contributed by atoms with E-state index < -0.39 is 0 Å². The zero-order chi connectivity index (χ0) is 13.4. The Morgan fingerprint density at radius 3 is 2.63 bits per heavy atom. The highest BCUT2D eigenvalue weighted by molar-refractivity contribution is 5.75. The highest BCUT2D eigenvalue weighted by Gasteiger charge is 2.28. The molecule has 1 heterocycles. The van der Waals surface area contributed by atoms with Gasteiger partial charge in [-0.15, -0.1) is 0 Å². The fraction of sp³-hybridized carbons (Fsp3) is 0.188. The highest BCUT2D eigenvalue weighted by Crippen LogP contribution is 2.43. The van der Waals surface area contributed by atoms with Crippen molar-refractivity contribution in [2.24, 2.45) is 0 Å². The van der Waals surface area contributed by atoms with Gasteiger partial charge in [-0.25, -0.2) is 0 Å². The van der Waals surface area contributed by atoms with Gasteiger partial charge < -0.3 is 10.1 Å². The van der Waals surface area contributed by atoms with Crippen LogP contribution in [0.2, 0.25) is 0 Å². The molecular weight excluding hydrogens is 238 g/mol. The summed E-state index contributed by atoms with van der Waals surface area (Å²) in [7, 11) is 0. The molecule has 1 aliphatic rings. The van der Waals surface area contributed by atoms with Crippen LogP contribution >= 0.6 is 0 Å². The van der Waals surface area contributed by atoms with Crippen molar-refractivity contribution in [1.82, 2.24) is 5.32 Å². The number of amides is 1. The van der Waals surface area contributed by atoms with Crippen LogP contribution in [0.5, 0.6) is 11.5 Å². The van der Waals surface area contributed by atoms with Crippen molar-refractivity contribution in [3.8, 4) is 11.5 Å². The van der Waals surface area contributed by atoms with Gasteiger partial charge in [-0.3, -0.25) is 4.79 Å². The lowest BCUT2D eigenvalue weighted by Crippen LogP contribution is -2.29. The minimum Gasteiger partial charge on any atom is -0.456 e. The van der Waals surface area contributed by atoms with Crippen LogP contribution in [0.25, 0.3) is 0 Å². The van der Waals surface area contributed by atoms with Crippen molar-refractivity contribution < 1.29 is 9.53 Å². The van der Waals surface area contributed by atoms with E-state index in [-0.39, 0.29) is 11.9 Å². The van der Waals surface area contributed by atoms with E-state index in [0.717, 1.165) is 28.2 Å². The number of aryl methyl sites for hydroxylation is 1. The van der Waals surface area contributed by atoms with Crippen LogP contribution in [0.4, 0.5) is 0 Å². The van der Waals surface area contributed by atoms with E-state index in [4.69, 9.17) is 4.74 Å². The summed E-state index contributed by atoms with van der Waals surface area (Å²) >= 11 is 0. The first-order valence-electron chi connectivity index (χ1n) is 6.30. The van der Waals surface area contributed by atoms with Crippen LogP contribution in [0, 0.1) is 6.92 Å². The number of nitrogens with one attached hydrogen (secondary N) is 1. The predicted octanol–water partition coefficient (Wildman–Crippen LogP) is 3.33. The van der Waals surface area contributed by atoms with E-state index in [2.05, 4.69) is 5.32 Å². The van der Waals surface area contributed by atoms with Crippen LogP contribution in [0.15, 0.2) is 42.5 Å². The first-order valence-corrected chi connectivity index (χ1v) is 6.30. The number of rotatable bonds is 1. The Labute approximate surface area is 112 Å². The summed E-state index contributed by atoms with van der Waals surface area (Å²) in [6.07, 6.45) is 0. The molecule has 3 nitrogen and oxygen atoms in total. The number of benzene rings is 2. The lowest BCUT2D eigenvalue weighted by atomic mass is 9.93. The molecule has 3 rings (SSSR count). The fourth-order valence-electron chi connectivity index (χ4n) is 2.49. The van der Waals surface area contributed by atoms with Gasteiger partial charge in [0.2, 0.25) is 5.91 Å². The van der Waals surface area contributed by atoms with Gasteiger partial charge in [0.15, 0.2) is 0 Å². The maximum Gasteiger partial charge on any atom is 0.217 e. The molecule has 1 N–H and O–H groups in total. The Balaban J connectivity index is 2.18. The first-order chi connectivity index (χ1) is 9.16. The summed E-state index contributed by atoms with van der Waals surface area (Å²) in [6.45, 7) is 3.55. The Kier molecular flexibility index (Phi) is 2.75. The molecular formula is C16H15NO2. The number of hydrogen-bond acceptors (Lipinski definition) is 2. The highest BCUT2D eigenvalue weighted by atomic mass is 16.5. The molecule has 0 aliphatic carbocycles. The lowest BCUT2D eigenvalue weighted by molar-refractivity contribution is -0.119. The Hall–Kier alpha value is -2.29. The molecule has 0 saturated heterocycles. The minimum absolute atomic E-state index is 0.0471. The van der Waals surface area contributed by atoms with Gasteiger partial charge in [-0.2, -0.15) is 0 Å². The van der Waals surface area contributed by atoms with Gasteiger partial charge in [-0.1, -0.05) is 36.4 Å². The van der Waals surface area contributed by atoms with Crippen molar-refractivity contribution in [2.75, 3.05) is 0 Å². The van der Waals surface area contributed by atoms with Crippen LogP contribution in [0.1, 0.15) is 29.7 Å². The van der Waals surface area contributed by atoms with Crippen LogP contribution < -0.4 is 10.1 Å². The Bertz CT molecular complexity index is 649. The summed E-state index contributed by atoms with van der Waals surface area (Å²) in [4.78, 5) is 11.5. The topological polar surface area (TPSA) is 38.3 Å². The van der Waals surface area contributed by atoms with Gasteiger partial charge in [-0.05, 0) is 18.6 Å². The average Bonchev–Trinajstić information content (AvgIpc) is 2.39. The molecule has 1 atom stereocenters. The van der Waals surface area contributed by atoms with E-state index in [1.54, 1.807) is 0 Å². The molecule has 0 fully saturated rings. The average molecular weight is 253 g/mol. The smallest absolute Gasteiger partial charge is 0.217 e. The summed E-state index contributed by atoms with van der Waals surface area (Å²) in [5.41, 5.74) is 3.08. The van der Waals surface area contributed by atoms with E-state index >= 15 is 0 Å². The van der Waals surface area contributed by atoms with Crippen LogP contribution in [-0.2, 0) is 4.79 Å². The number of fused-ring (bicyclic) bond motifs is 2. The molecule has 3 heteroatoms. The molecule has 0 spiro atoms. The summed E-state index contributed by atoms with van der Waals surface area (Å²) in [5.74, 6) is 1.61. The minimum atomic E-state index is -0.141. The number of carbonyl (C=O) groups excluding carboxylic acids is 1. The zero-order valence-electron chi connectivity index (χ0n) is 10.9. The first kappa shape index (κ1) is 11.8. The molecule has 2 aromatic rings. The molecule has 0 bridgehead atoms. The second kappa shape index (κ2) is 4.43. The van der Waals surface area contributed by atoms with E-state index in [1.807, 2.05) is 49.4 Å². The van der Waals surface area contributed by atoms with Crippen molar-refractivity contribution in [2.45, 2.75) is 19.9 Å². The second-order valence-corrected chi connectivity index (χ2v) is 4.77. The normalized spacial score (nSPS) is 16.0. The standard InChI is InChI=1S/C16H15NO2/c1-10-6-5-8-13-15(17-11(2)18)12-7-3-4-9-14(12)19-16(10)13/h3-9,15H,1-2H3,(H,17,18)/t15-/m0/s1. The Morgan fingerprint density at radius 1 is 1.11 bits per heavy atom. The molecule has 0 unspecified atom stereocenters. The third-order valence-corrected chi connectivity index (χ3v) is 3.34. The number of para-hydroxylation sites is 2. The summed E-state index contributed by atoms with van der Waals surface area (Å²) in [5, 5.41) is 3.00. The largest absolute Gasteiger partial charge is 0.456 e. The molecule has 1 aliphatic heterocycles. The van der Waals surface area contributed by atoms with Gasteiger partial charge in [0, 0.05) is 18.1 Å². The summed E-state index contributed by atoms with van der Waals surface area (Å²) < 4.78 is 5.97. The third kappa shape index (κ3) is 1.97. The monoisotopic (exact) mass is 253 g/mol. The Morgan fingerprint density at radius 2 is 1.84 bits per heavy atom. The van der Waals surface area contributed by atoms with Gasteiger partial charge in [0.25, 0.3) is 0 Å². The molecule has 0 radical (unpaired) electrons. The van der Waals surface area contributed by atoms with Crippen molar-refractivity contribution in [3.63, 3.8) is 0 Å². The third-order valence-electron chi connectivity index (χ3n) is 3.34. The maximum atomic E-state index is 11.5. The van der Waals surface area contributed by atoms with Gasteiger partial charge >= 0.3 is 0 Å². The molecule has 0 saturated carbocycles. The fourth-order valence-corrected chi connectivity index (χ4v) is 2.49. The molecule has 1 amide bonds. The molecule has 0 aromatic heterocycles. The number of ether oxygens (including phenoxy) is 1. The zero-order valence-corrected chi connectivity index (χ0v) is 10.9. The van der Waals surface area contributed by atoms with E-state index in [1.165, 1.54) is 6.92 Å². The predicted molar refractivity (Wildman–Crippen MR) is 73.4 cm³/mol. The molecule has 19 heavy (non-hydrogen) atoms. The van der Waals surface area contributed by atoms with Crippen molar-refractivity contribution >= 4 is 5.91 Å². The quantitative estimate of drug-likeness (QED) is 0.846. The van der Waals surface area contributed by atoms with E-state index in [0.29, 0.717) is 0 Å².